The van der Waals surface area contributed by atoms with Gasteiger partial charge in [-0.05, 0) is 74.4 Å². The summed E-state index contributed by atoms with van der Waals surface area (Å²) in [6.07, 6.45) is 7.51. The van der Waals surface area contributed by atoms with E-state index >= 15 is 0 Å². The van der Waals surface area contributed by atoms with Crippen molar-refractivity contribution in [2.45, 2.75) is 44.2 Å². The first-order valence-electron chi connectivity index (χ1n) is 11.8. The number of aliphatic hydroxyl groups is 1. The number of nitrogens with one attached hydrogen (secondary N) is 1. The molecule has 2 N–H and O–H groups in total. The average molecular weight is 475 g/mol. The lowest BCUT2D eigenvalue weighted by molar-refractivity contribution is -0.132. The van der Waals surface area contributed by atoms with Gasteiger partial charge in [-0.1, -0.05) is 12.1 Å². The molecule has 35 heavy (non-hydrogen) atoms. The Balaban J connectivity index is 1.31. The van der Waals surface area contributed by atoms with Gasteiger partial charge in [0.15, 0.2) is 0 Å². The summed E-state index contributed by atoms with van der Waals surface area (Å²) in [6, 6.07) is 11.7. The normalized spacial score (nSPS) is 23.7. The molecule has 0 bridgehead atoms. The molecule has 3 aromatic rings. The Labute approximate surface area is 203 Å². The van der Waals surface area contributed by atoms with Crippen molar-refractivity contribution < 1.29 is 19.1 Å². The van der Waals surface area contributed by atoms with Crippen molar-refractivity contribution in [1.82, 2.24) is 15.3 Å². The van der Waals surface area contributed by atoms with Crippen molar-refractivity contribution in [3.05, 3.63) is 89.3 Å². The third-order valence-corrected chi connectivity index (χ3v) is 7.10. The van der Waals surface area contributed by atoms with E-state index in [4.69, 9.17) is 0 Å². The molecular formula is C27H27FN4O3. The Kier molecular flexibility index (Phi) is 6.06. The first-order valence-corrected chi connectivity index (χ1v) is 11.8. The Morgan fingerprint density at radius 1 is 1.14 bits per heavy atom. The van der Waals surface area contributed by atoms with Crippen LogP contribution in [-0.2, 0) is 10.4 Å². The van der Waals surface area contributed by atoms with Crippen molar-refractivity contribution in [1.29, 1.82) is 0 Å². The van der Waals surface area contributed by atoms with E-state index in [9.17, 15) is 19.1 Å². The van der Waals surface area contributed by atoms with Gasteiger partial charge in [-0.2, -0.15) is 0 Å². The van der Waals surface area contributed by atoms with E-state index in [1.807, 2.05) is 25.1 Å². The number of aromatic nitrogens is 2. The predicted octanol–water partition coefficient (Wildman–Crippen LogP) is 3.50. The van der Waals surface area contributed by atoms with Gasteiger partial charge >= 0.3 is 0 Å². The smallest absolute Gasteiger partial charge is 0.270 e. The predicted molar refractivity (Wildman–Crippen MR) is 128 cm³/mol. The molecule has 1 aliphatic carbocycles. The highest BCUT2D eigenvalue weighted by Gasteiger charge is 2.53. The SMILES string of the molecule is Cc1cccc2c1C(O)(c1ccc(F)cn1)C(=O)N2CC1CCC(NC(=O)c2cccnc2)CC1. The number of amides is 2. The second-order valence-electron chi connectivity index (χ2n) is 9.39. The molecule has 1 aliphatic heterocycles. The Morgan fingerprint density at radius 2 is 1.94 bits per heavy atom. The van der Waals surface area contributed by atoms with Crippen LogP contribution in [0.3, 0.4) is 0 Å². The Bertz CT molecular complexity index is 1240. The van der Waals surface area contributed by atoms with Crippen LogP contribution in [0.5, 0.6) is 0 Å². The van der Waals surface area contributed by atoms with Gasteiger partial charge in [0.05, 0.1) is 23.1 Å². The summed E-state index contributed by atoms with van der Waals surface area (Å²) >= 11 is 0. The molecule has 2 aromatic heterocycles. The summed E-state index contributed by atoms with van der Waals surface area (Å²) in [5, 5.41) is 14.8. The highest BCUT2D eigenvalue weighted by atomic mass is 19.1. The number of halogens is 1. The minimum atomic E-state index is -1.96. The number of hydrogen-bond donors (Lipinski definition) is 2. The second kappa shape index (κ2) is 9.19. The van der Waals surface area contributed by atoms with Crippen LogP contribution >= 0.6 is 0 Å². The van der Waals surface area contributed by atoms with Crippen molar-refractivity contribution in [3.63, 3.8) is 0 Å². The Hall–Kier alpha value is -3.65. The van der Waals surface area contributed by atoms with Crippen molar-refractivity contribution >= 4 is 17.5 Å². The molecular weight excluding hydrogens is 447 g/mol. The fraction of sp³-hybridized carbons (Fsp3) is 0.333. The number of hydrogen-bond acceptors (Lipinski definition) is 5. The molecule has 1 saturated carbocycles. The highest BCUT2D eigenvalue weighted by molar-refractivity contribution is 6.09. The van der Waals surface area contributed by atoms with Crippen LogP contribution in [0.2, 0.25) is 0 Å². The lowest BCUT2D eigenvalue weighted by atomic mass is 9.85. The van der Waals surface area contributed by atoms with E-state index in [0.717, 1.165) is 37.4 Å². The van der Waals surface area contributed by atoms with E-state index < -0.39 is 17.3 Å². The summed E-state index contributed by atoms with van der Waals surface area (Å²) in [6.45, 7) is 2.31. The molecule has 1 fully saturated rings. The fourth-order valence-corrected chi connectivity index (χ4v) is 5.28. The quantitative estimate of drug-likeness (QED) is 0.590. The molecule has 0 radical (unpaired) electrons. The Morgan fingerprint density at radius 3 is 2.63 bits per heavy atom. The van der Waals surface area contributed by atoms with Crippen molar-refractivity contribution in [2.75, 3.05) is 11.4 Å². The second-order valence-corrected chi connectivity index (χ2v) is 9.39. The summed E-state index contributed by atoms with van der Waals surface area (Å²) in [4.78, 5) is 35.8. The molecule has 0 spiro atoms. The van der Waals surface area contributed by atoms with Gasteiger partial charge in [0.25, 0.3) is 11.8 Å². The number of pyridine rings is 2. The third-order valence-electron chi connectivity index (χ3n) is 7.10. The number of benzene rings is 1. The minimum Gasteiger partial charge on any atom is -0.370 e. The van der Waals surface area contributed by atoms with Gasteiger partial charge in [0.2, 0.25) is 5.60 Å². The zero-order valence-electron chi connectivity index (χ0n) is 19.4. The van der Waals surface area contributed by atoms with Crippen LogP contribution in [0.1, 0.15) is 52.9 Å². The molecule has 3 heterocycles. The maximum Gasteiger partial charge on any atom is 0.270 e. The maximum absolute atomic E-state index is 13.6. The van der Waals surface area contributed by atoms with Crippen molar-refractivity contribution in [2.24, 2.45) is 5.92 Å². The number of rotatable bonds is 5. The van der Waals surface area contributed by atoms with Crippen LogP contribution < -0.4 is 10.2 Å². The summed E-state index contributed by atoms with van der Waals surface area (Å²) in [5.74, 6) is -0.898. The minimum absolute atomic E-state index is 0.0723. The molecule has 2 amide bonds. The third kappa shape index (κ3) is 4.18. The zero-order chi connectivity index (χ0) is 24.6. The zero-order valence-corrected chi connectivity index (χ0v) is 19.4. The number of carbonyl (C=O) groups excluding carboxylic acids is 2. The lowest BCUT2D eigenvalue weighted by Crippen LogP contribution is -2.45. The van der Waals surface area contributed by atoms with Crippen LogP contribution in [0.4, 0.5) is 10.1 Å². The van der Waals surface area contributed by atoms with E-state index in [0.29, 0.717) is 23.4 Å². The van der Waals surface area contributed by atoms with E-state index in [-0.39, 0.29) is 23.6 Å². The summed E-state index contributed by atoms with van der Waals surface area (Å²) < 4.78 is 13.5. The van der Waals surface area contributed by atoms with E-state index in [1.165, 1.54) is 12.1 Å². The van der Waals surface area contributed by atoms with Gasteiger partial charge in [-0.25, -0.2) is 4.39 Å². The average Bonchev–Trinajstić information content (AvgIpc) is 3.09. The molecule has 1 unspecified atom stereocenters. The topological polar surface area (TPSA) is 95.4 Å². The molecule has 0 saturated heterocycles. The summed E-state index contributed by atoms with van der Waals surface area (Å²) in [7, 11) is 0. The number of carbonyl (C=O) groups is 2. The molecule has 7 nitrogen and oxygen atoms in total. The number of nitrogens with zero attached hydrogens (tertiary/aromatic N) is 3. The molecule has 8 heteroatoms. The highest BCUT2D eigenvalue weighted by Crippen LogP contribution is 2.46. The molecule has 5 rings (SSSR count). The maximum atomic E-state index is 13.6. The van der Waals surface area contributed by atoms with Gasteiger partial charge in [-0.15, -0.1) is 0 Å². The summed E-state index contributed by atoms with van der Waals surface area (Å²) in [5.41, 5.74) is 0.635. The first kappa shape index (κ1) is 23.1. The number of aryl methyl sites for hydroxylation is 1. The number of anilines is 1. The van der Waals surface area contributed by atoms with Crippen LogP contribution in [0.15, 0.2) is 61.1 Å². The van der Waals surface area contributed by atoms with Crippen LogP contribution in [0, 0.1) is 18.7 Å². The van der Waals surface area contributed by atoms with Gasteiger partial charge in [0.1, 0.15) is 5.82 Å². The first-order chi connectivity index (χ1) is 16.9. The lowest BCUT2D eigenvalue weighted by Gasteiger charge is -2.32. The van der Waals surface area contributed by atoms with Gasteiger partial charge < -0.3 is 15.3 Å². The van der Waals surface area contributed by atoms with Gasteiger partial charge in [-0.3, -0.25) is 19.6 Å². The standard InChI is InChI=1S/C27H27FN4O3/c1-17-4-2-6-22-24(17)27(35,23-12-9-20(28)15-30-23)26(34)32(22)16-18-7-10-21(11-8-18)31-25(33)19-5-3-13-29-14-19/h2-6,9,12-15,18,21,35H,7-8,10-11,16H2,1H3,(H,31,33). The van der Waals surface area contributed by atoms with Crippen LogP contribution in [0.25, 0.3) is 0 Å². The van der Waals surface area contributed by atoms with Gasteiger partial charge in [0, 0.05) is 30.5 Å². The fourth-order valence-electron chi connectivity index (χ4n) is 5.28. The molecule has 1 aromatic carbocycles. The number of fused-ring (bicyclic) bond motifs is 1. The molecule has 2 aliphatic rings. The van der Waals surface area contributed by atoms with Crippen molar-refractivity contribution in [3.8, 4) is 0 Å². The van der Waals surface area contributed by atoms with Crippen LogP contribution in [-0.4, -0.2) is 39.5 Å². The van der Waals surface area contributed by atoms with E-state index in [2.05, 4.69) is 15.3 Å². The molecule has 180 valence electrons. The van der Waals surface area contributed by atoms with E-state index in [1.54, 1.807) is 29.4 Å². The largest absolute Gasteiger partial charge is 0.370 e. The monoisotopic (exact) mass is 474 g/mol. The molecule has 1 atom stereocenters.